The first-order chi connectivity index (χ1) is 6.75. The number of benzene rings is 1. The normalized spacial score (nSPS) is 10.6. The van der Waals surface area contributed by atoms with Gasteiger partial charge in [-0.2, -0.15) is 0 Å². The summed E-state index contributed by atoms with van der Waals surface area (Å²) >= 11 is 0. The van der Waals surface area contributed by atoms with Crippen LogP contribution in [0.5, 0.6) is 5.75 Å². The molecule has 0 radical (unpaired) electrons. The zero-order valence-corrected chi connectivity index (χ0v) is 8.86. The molecule has 0 aliphatic heterocycles. The van der Waals surface area contributed by atoms with Gasteiger partial charge in [-0.15, -0.1) is 0 Å². The molecular formula is C12H18O2. The van der Waals surface area contributed by atoms with Crippen molar-refractivity contribution in [1.29, 1.82) is 0 Å². The van der Waals surface area contributed by atoms with Gasteiger partial charge in [0, 0.05) is 13.0 Å². The Hall–Kier alpha value is -1.02. The maximum Gasteiger partial charge on any atom is 0.122 e. The molecular weight excluding hydrogens is 176 g/mol. The predicted octanol–water partition coefficient (Wildman–Crippen LogP) is 2.57. The van der Waals surface area contributed by atoms with E-state index in [1.807, 2.05) is 18.2 Å². The topological polar surface area (TPSA) is 29.5 Å². The number of rotatable bonds is 5. The van der Waals surface area contributed by atoms with Gasteiger partial charge in [0.15, 0.2) is 0 Å². The SMILES string of the molecule is CC(C)c1ccccc1OCCCO. The van der Waals surface area contributed by atoms with Crippen LogP contribution in [-0.4, -0.2) is 18.3 Å². The van der Waals surface area contributed by atoms with Crippen molar-refractivity contribution in [3.8, 4) is 5.75 Å². The van der Waals surface area contributed by atoms with Crippen LogP contribution in [0.2, 0.25) is 0 Å². The Kier molecular flexibility index (Phi) is 4.47. The van der Waals surface area contributed by atoms with Crippen LogP contribution in [-0.2, 0) is 0 Å². The molecule has 1 N–H and O–H groups in total. The molecule has 1 aromatic carbocycles. The minimum Gasteiger partial charge on any atom is -0.493 e. The van der Waals surface area contributed by atoms with Crippen LogP contribution in [0.3, 0.4) is 0 Å². The van der Waals surface area contributed by atoms with Gasteiger partial charge in [0.1, 0.15) is 5.75 Å². The van der Waals surface area contributed by atoms with Crippen LogP contribution in [0.4, 0.5) is 0 Å². The van der Waals surface area contributed by atoms with E-state index in [2.05, 4.69) is 19.9 Å². The molecule has 0 unspecified atom stereocenters. The quantitative estimate of drug-likeness (QED) is 0.730. The standard InChI is InChI=1S/C12H18O2/c1-10(2)11-6-3-4-7-12(11)14-9-5-8-13/h3-4,6-7,10,13H,5,8-9H2,1-2H3. The molecule has 0 spiro atoms. The van der Waals surface area contributed by atoms with Crippen LogP contribution in [0.25, 0.3) is 0 Å². The van der Waals surface area contributed by atoms with Crippen molar-refractivity contribution in [2.24, 2.45) is 0 Å². The van der Waals surface area contributed by atoms with Crippen molar-refractivity contribution in [2.75, 3.05) is 13.2 Å². The number of hydrogen-bond donors (Lipinski definition) is 1. The van der Waals surface area contributed by atoms with Crippen molar-refractivity contribution in [3.05, 3.63) is 29.8 Å². The van der Waals surface area contributed by atoms with Gasteiger partial charge in [-0.1, -0.05) is 32.0 Å². The van der Waals surface area contributed by atoms with E-state index < -0.39 is 0 Å². The van der Waals surface area contributed by atoms with Crippen LogP contribution in [0, 0.1) is 0 Å². The lowest BCUT2D eigenvalue weighted by Gasteiger charge is -2.13. The second-order valence-electron chi connectivity index (χ2n) is 3.62. The highest BCUT2D eigenvalue weighted by atomic mass is 16.5. The van der Waals surface area contributed by atoms with Gasteiger partial charge in [0.2, 0.25) is 0 Å². The highest BCUT2D eigenvalue weighted by molar-refractivity contribution is 5.35. The van der Waals surface area contributed by atoms with E-state index in [1.165, 1.54) is 5.56 Å². The summed E-state index contributed by atoms with van der Waals surface area (Å²) in [7, 11) is 0. The molecule has 0 amide bonds. The Morgan fingerprint density at radius 1 is 1.29 bits per heavy atom. The molecule has 2 nitrogen and oxygen atoms in total. The Morgan fingerprint density at radius 3 is 2.64 bits per heavy atom. The smallest absolute Gasteiger partial charge is 0.122 e. The lowest BCUT2D eigenvalue weighted by molar-refractivity contribution is 0.232. The van der Waals surface area contributed by atoms with Gasteiger partial charge in [-0.05, 0) is 17.5 Å². The van der Waals surface area contributed by atoms with Crippen LogP contribution >= 0.6 is 0 Å². The van der Waals surface area contributed by atoms with Crippen molar-refractivity contribution >= 4 is 0 Å². The van der Waals surface area contributed by atoms with E-state index in [0.29, 0.717) is 18.9 Å². The average molecular weight is 194 g/mol. The molecule has 78 valence electrons. The zero-order chi connectivity index (χ0) is 10.4. The third kappa shape index (κ3) is 3.04. The Balaban J connectivity index is 2.64. The lowest BCUT2D eigenvalue weighted by atomic mass is 10.0. The summed E-state index contributed by atoms with van der Waals surface area (Å²) in [6.45, 7) is 5.06. The Labute approximate surface area is 85.5 Å². The minimum atomic E-state index is 0.184. The van der Waals surface area contributed by atoms with Crippen LogP contribution in [0.15, 0.2) is 24.3 Å². The second kappa shape index (κ2) is 5.66. The fraction of sp³-hybridized carbons (Fsp3) is 0.500. The van der Waals surface area contributed by atoms with Gasteiger partial charge in [0.25, 0.3) is 0 Å². The highest BCUT2D eigenvalue weighted by Gasteiger charge is 2.05. The molecule has 1 aromatic rings. The maximum absolute atomic E-state index is 8.64. The third-order valence-electron chi connectivity index (χ3n) is 2.10. The molecule has 2 heteroatoms. The molecule has 0 aliphatic rings. The van der Waals surface area contributed by atoms with Gasteiger partial charge in [-0.3, -0.25) is 0 Å². The maximum atomic E-state index is 8.64. The monoisotopic (exact) mass is 194 g/mol. The van der Waals surface area contributed by atoms with Crippen LogP contribution in [0.1, 0.15) is 31.7 Å². The van der Waals surface area contributed by atoms with Crippen molar-refractivity contribution in [1.82, 2.24) is 0 Å². The van der Waals surface area contributed by atoms with Crippen LogP contribution < -0.4 is 4.74 Å². The summed E-state index contributed by atoms with van der Waals surface area (Å²) in [5.41, 5.74) is 1.23. The average Bonchev–Trinajstić information content (AvgIpc) is 2.19. The van der Waals surface area contributed by atoms with E-state index in [-0.39, 0.29) is 6.61 Å². The number of aliphatic hydroxyl groups excluding tert-OH is 1. The van der Waals surface area contributed by atoms with Gasteiger partial charge < -0.3 is 9.84 Å². The van der Waals surface area contributed by atoms with Gasteiger partial charge in [0.05, 0.1) is 6.61 Å². The van der Waals surface area contributed by atoms with E-state index >= 15 is 0 Å². The fourth-order valence-corrected chi connectivity index (χ4v) is 1.34. The number of hydrogen-bond acceptors (Lipinski definition) is 2. The van der Waals surface area contributed by atoms with Crippen molar-refractivity contribution < 1.29 is 9.84 Å². The first kappa shape index (κ1) is 11.1. The Bertz CT molecular complexity index is 269. The highest BCUT2D eigenvalue weighted by Crippen LogP contribution is 2.25. The first-order valence-corrected chi connectivity index (χ1v) is 5.08. The van der Waals surface area contributed by atoms with Gasteiger partial charge >= 0.3 is 0 Å². The molecule has 0 heterocycles. The largest absolute Gasteiger partial charge is 0.493 e. The number of ether oxygens (including phenoxy) is 1. The van der Waals surface area contributed by atoms with E-state index in [0.717, 1.165) is 5.75 Å². The molecule has 0 atom stereocenters. The first-order valence-electron chi connectivity index (χ1n) is 5.08. The number of aliphatic hydroxyl groups is 1. The predicted molar refractivity (Wildman–Crippen MR) is 57.7 cm³/mol. The van der Waals surface area contributed by atoms with Gasteiger partial charge in [-0.25, -0.2) is 0 Å². The summed E-state index contributed by atoms with van der Waals surface area (Å²) in [6.07, 6.45) is 0.687. The molecule has 1 rings (SSSR count). The third-order valence-corrected chi connectivity index (χ3v) is 2.10. The van der Waals surface area contributed by atoms with E-state index in [4.69, 9.17) is 9.84 Å². The number of para-hydroxylation sites is 1. The summed E-state index contributed by atoms with van der Waals surface area (Å²) < 4.78 is 5.58. The summed E-state index contributed by atoms with van der Waals surface area (Å²) in [6, 6.07) is 8.06. The minimum absolute atomic E-state index is 0.184. The van der Waals surface area contributed by atoms with Crippen molar-refractivity contribution in [2.45, 2.75) is 26.2 Å². The van der Waals surface area contributed by atoms with Crippen molar-refractivity contribution in [3.63, 3.8) is 0 Å². The molecule has 0 saturated carbocycles. The molecule has 0 aromatic heterocycles. The second-order valence-corrected chi connectivity index (χ2v) is 3.62. The van der Waals surface area contributed by atoms with E-state index in [1.54, 1.807) is 0 Å². The molecule has 0 aliphatic carbocycles. The molecule has 14 heavy (non-hydrogen) atoms. The Morgan fingerprint density at radius 2 is 2.00 bits per heavy atom. The summed E-state index contributed by atoms with van der Waals surface area (Å²) in [5, 5.41) is 8.64. The van der Waals surface area contributed by atoms with E-state index in [9.17, 15) is 0 Å². The fourth-order valence-electron chi connectivity index (χ4n) is 1.34. The molecule has 0 fully saturated rings. The lowest BCUT2D eigenvalue weighted by Crippen LogP contribution is -2.02. The molecule has 0 saturated heterocycles. The molecule has 0 bridgehead atoms. The zero-order valence-electron chi connectivity index (χ0n) is 8.86. The summed E-state index contributed by atoms with van der Waals surface area (Å²) in [4.78, 5) is 0. The summed E-state index contributed by atoms with van der Waals surface area (Å²) in [5.74, 6) is 1.41.